The molecule has 1 N–H and O–H groups in total. The first-order valence-electron chi connectivity index (χ1n) is 4.36. The number of aryl methyl sites for hydroxylation is 2. The molecule has 0 aliphatic rings. The number of hydrogen-bond donors (Lipinski definition) is 1. The summed E-state index contributed by atoms with van der Waals surface area (Å²) < 4.78 is 0. The molecule has 1 rings (SSSR count). The minimum absolute atomic E-state index is 0.605. The van der Waals surface area contributed by atoms with Gasteiger partial charge in [-0.25, -0.2) is 4.79 Å². The molecule has 0 spiro atoms. The highest BCUT2D eigenvalue weighted by Crippen LogP contribution is 2.13. The molecule has 15 heavy (non-hydrogen) atoms. The lowest BCUT2D eigenvalue weighted by Crippen LogP contribution is -1.93. The molecular weight excluding hydrogens is 192 g/mol. The fourth-order valence-corrected chi connectivity index (χ4v) is 1.22. The maximum Gasteiger partial charge on any atom is 0.382 e. The zero-order valence-electron chi connectivity index (χ0n) is 8.50. The van der Waals surface area contributed by atoms with Gasteiger partial charge in [-0.15, -0.1) is 0 Å². The van der Waals surface area contributed by atoms with Crippen LogP contribution >= 0.6 is 0 Å². The largest absolute Gasteiger partial charge is 0.472 e. The van der Waals surface area contributed by atoms with Gasteiger partial charge < -0.3 is 5.11 Å². The molecule has 0 bridgehead atoms. The molecule has 1 aromatic carbocycles. The molecular formula is C12H10O3. The second kappa shape index (κ2) is 4.43. The Morgan fingerprint density at radius 3 is 2.53 bits per heavy atom. The molecule has 0 saturated heterocycles. The minimum atomic E-state index is -1.16. The Balaban J connectivity index is 3.24. The summed E-state index contributed by atoms with van der Waals surface area (Å²) in [6.07, 6.45) is 0.775. The van der Waals surface area contributed by atoms with Crippen LogP contribution in [0.3, 0.4) is 0 Å². The van der Waals surface area contributed by atoms with Crippen LogP contribution in [0.2, 0.25) is 0 Å². The molecule has 3 nitrogen and oxygen atoms in total. The summed E-state index contributed by atoms with van der Waals surface area (Å²) in [5, 5.41) is 8.41. The van der Waals surface area contributed by atoms with Crippen molar-refractivity contribution in [3.63, 3.8) is 0 Å². The van der Waals surface area contributed by atoms with E-state index in [0.717, 1.165) is 17.4 Å². The van der Waals surface area contributed by atoms with Gasteiger partial charge in [0.2, 0.25) is 0 Å². The van der Waals surface area contributed by atoms with Crippen molar-refractivity contribution in [3.8, 4) is 11.8 Å². The van der Waals surface area contributed by atoms with E-state index in [1.807, 2.05) is 5.92 Å². The van der Waals surface area contributed by atoms with E-state index in [1.165, 1.54) is 0 Å². The molecule has 0 aromatic heterocycles. The molecule has 0 aliphatic carbocycles. The average Bonchev–Trinajstić information content (AvgIpc) is 2.18. The molecule has 0 saturated carbocycles. The molecule has 1 aromatic rings. The summed E-state index contributed by atoms with van der Waals surface area (Å²) in [5.41, 5.74) is 2.84. The quantitative estimate of drug-likeness (QED) is 0.555. The van der Waals surface area contributed by atoms with Gasteiger partial charge in [-0.2, -0.15) is 0 Å². The number of carbonyl (C=O) groups is 2. The zero-order valence-corrected chi connectivity index (χ0v) is 8.50. The van der Waals surface area contributed by atoms with Crippen LogP contribution in [-0.4, -0.2) is 17.4 Å². The normalized spacial score (nSPS) is 8.93. The second-order valence-corrected chi connectivity index (χ2v) is 3.20. The summed E-state index contributed by atoms with van der Waals surface area (Å²) in [4.78, 5) is 20.9. The number of carboxylic acids is 1. The van der Waals surface area contributed by atoms with Crippen molar-refractivity contribution in [2.75, 3.05) is 0 Å². The molecule has 0 atom stereocenters. The Morgan fingerprint density at radius 1 is 1.33 bits per heavy atom. The molecule has 0 amide bonds. The van der Waals surface area contributed by atoms with E-state index >= 15 is 0 Å². The van der Waals surface area contributed by atoms with Crippen LogP contribution in [0.5, 0.6) is 0 Å². The predicted octanol–water partition coefficient (Wildman–Crippen LogP) is 1.55. The number of carboxylic acid groups (broad SMARTS) is 1. The lowest BCUT2D eigenvalue weighted by molar-refractivity contribution is -0.130. The van der Waals surface area contributed by atoms with Crippen LogP contribution in [0.25, 0.3) is 0 Å². The van der Waals surface area contributed by atoms with E-state index < -0.39 is 5.97 Å². The van der Waals surface area contributed by atoms with Crippen LogP contribution in [0.15, 0.2) is 12.1 Å². The Bertz CT molecular complexity index is 476. The number of aliphatic carboxylic acids is 1. The van der Waals surface area contributed by atoms with Gasteiger partial charge in [0.15, 0.2) is 0 Å². The van der Waals surface area contributed by atoms with Crippen LogP contribution in [0.4, 0.5) is 0 Å². The summed E-state index contributed by atoms with van der Waals surface area (Å²) in [6.45, 7) is 3.58. The number of rotatable bonds is 1. The van der Waals surface area contributed by atoms with Crippen molar-refractivity contribution < 1.29 is 14.7 Å². The standard InChI is InChI=1S/C12H10O3/c1-8-6-11(7-13)9(2)5-10(8)3-4-12(14)15/h5-7H,1-2H3,(H,14,15). The van der Waals surface area contributed by atoms with Crippen molar-refractivity contribution in [1.29, 1.82) is 0 Å². The van der Waals surface area contributed by atoms with Crippen LogP contribution in [-0.2, 0) is 4.79 Å². The molecule has 3 heteroatoms. The summed E-state index contributed by atoms with van der Waals surface area (Å²) in [5.74, 6) is 3.42. The SMILES string of the molecule is Cc1cc(C=O)c(C)cc1C#CC(=O)O. The third-order valence-electron chi connectivity index (χ3n) is 2.04. The van der Waals surface area contributed by atoms with E-state index in [2.05, 4.69) is 5.92 Å². The lowest BCUT2D eigenvalue weighted by atomic mass is 10.0. The highest BCUT2D eigenvalue weighted by molar-refractivity contribution is 5.87. The Hall–Kier alpha value is -2.08. The smallest absolute Gasteiger partial charge is 0.382 e. The van der Waals surface area contributed by atoms with Gasteiger partial charge in [-0.05, 0) is 37.1 Å². The zero-order chi connectivity index (χ0) is 11.4. The third kappa shape index (κ3) is 2.68. The van der Waals surface area contributed by atoms with Gasteiger partial charge in [0.05, 0.1) is 0 Å². The first kappa shape index (κ1) is 11.0. The lowest BCUT2D eigenvalue weighted by Gasteiger charge is -2.02. The van der Waals surface area contributed by atoms with Gasteiger partial charge in [-0.1, -0.05) is 5.92 Å². The van der Waals surface area contributed by atoms with Crippen LogP contribution in [0, 0.1) is 25.7 Å². The van der Waals surface area contributed by atoms with Gasteiger partial charge in [0.25, 0.3) is 0 Å². The van der Waals surface area contributed by atoms with Gasteiger partial charge in [0, 0.05) is 17.0 Å². The molecule has 0 radical (unpaired) electrons. The van der Waals surface area contributed by atoms with Crippen molar-refractivity contribution >= 4 is 12.3 Å². The van der Waals surface area contributed by atoms with Crippen molar-refractivity contribution in [1.82, 2.24) is 0 Å². The van der Waals surface area contributed by atoms with E-state index in [-0.39, 0.29) is 0 Å². The molecule has 0 aliphatic heterocycles. The van der Waals surface area contributed by atoms with E-state index in [9.17, 15) is 9.59 Å². The number of benzene rings is 1. The minimum Gasteiger partial charge on any atom is -0.472 e. The maximum absolute atomic E-state index is 10.6. The molecule has 0 heterocycles. The Labute approximate surface area is 87.7 Å². The topological polar surface area (TPSA) is 54.4 Å². The van der Waals surface area contributed by atoms with Gasteiger partial charge >= 0.3 is 5.97 Å². The summed E-state index contributed by atoms with van der Waals surface area (Å²) >= 11 is 0. The molecule has 0 unspecified atom stereocenters. The Morgan fingerprint density at radius 2 is 2.00 bits per heavy atom. The van der Waals surface area contributed by atoms with Crippen molar-refractivity contribution in [3.05, 3.63) is 34.4 Å². The van der Waals surface area contributed by atoms with Crippen LogP contribution in [0.1, 0.15) is 27.0 Å². The number of carbonyl (C=O) groups excluding carboxylic acids is 1. The fourth-order valence-electron chi connectivity index (χ4n) is 1.22. The Kier molecular flexibility index (Phi) is 3.25. The maximum atomic E-state index is 10.6. The molecule has 0 fully saturated rings. The molecule has 76 valence electrons. The summed E-state index contributed by atoms with van der Waals surface area (Å²) in [7, 11) is 0. The van der Waals surface area contributed by atoms with Crippen LogP contribution < -0.4 is 0 Å². The predicted molar refractivity (Wildman–Crippen MR) is 55.8 cm³/mol. The van der Waals surface area contributed by atoms with Gasteiger partial charge in [0.1, 0.15) is 6.29 Å². The van der Waals surface area contributed by atoms with E-state index in [4.69, 9.17) is 5.11 Å². The van der Waals surface area contributed by atoms with Crippen molar-refractivity contribution in [2.24, 2.45) is 0 Å². The first-order valence-corrected chi connectivity index (χ1v) is 4.36. The third-order valence-corrected chi connectivity index (χ3v) is 2.04. The second-order valence-electron chi connectivity index (χ2n) is 3.20. The highest BCUT2D eigenvalue weighted by Gasteiger charge is 2.01. The highest BCUT2D eigenvalue weighted by atomic mass is 16.4. The monoisotopic (exact) mass is 202 g/mol. The van der Waals surface area contributed by atoms with E-state index in [1.54, 1.807) is 26.0 Å². The van der Waals surface area contributed by atoms with Gasteiger partial charge in [-0.3, -0.25) is 4.79 Å². The number of hydrogen-bond acceptors (Lipinski definition) is 2. The van der Waals surface area contributed by atoms with Crippen molar-refractivity contribution in [2.45, 2.75) is 13.8 Å². The van der Waals surface area contributed by atoms with E-state index in [0.29, 0.717) is 11.1 Å². The first-order chi connectivity index (χ1) is 7.04. The fraction of sp³-hybridized carbons (Fsp3) is 0.167. The summed E-state index contributed by atoms with van der Waals surface area (Å²) in [6, 6.07) is 3.42. The number of aldehydes is 1. The average molecular weight is 202 g/mol.